The largest absolute Gasteiger partial charge is 0.353 e. The van der Waals surface area contributed by atoms with Gasteiger partial charge in [-0.3, -0.25) is 14.5 Å². The van der Waals surface area contributed by atoms with Crippen molar-refractivity contribution in [3.8, 4) is 0 Å². The molecule has 22 heavy (non-hydrogen) atoms. The maximum atomic E-state index is 10.6. The quantitative estimate of drug-likeness (QED) is 0.157. The summed E-state index contributed by atoms with van der Waals surface area (Å²) in [5.74, 6) is 3.85. The zero-order valence-corrected chi connectivity index (χ0v) is 12.7. The van der Waals surface area contributed by atoms with Crippen molar-refractivity contribution in [2.24, 2.45) is 5.84 Å². The number of anilines is 3. The second-order valence-electron chi connectivity index (χ2n) is 3.88. The summed E-state index contributed by atoms with van der Waals surface area (Å²) in [7, 11) is -8.27. The van der Waals surface area contributed by atoms with E-state index in [2.05, 4.69) is 31.0 Å². The van der Waals surface area contributed by atoms with Gasteiger partial charge < -0.3 is 10.6 Å². The Bertz CT molecular complexity index is 650. The molecule has 0 spiro atoms. The van der Waals surface area contributed by atoms with Crippen LogP contribution in [0, 0.1) is 0 Å². The first-order chi connectivity index (χ1) is 10.1. The van der Waals surface area contributed by atoms with Crippen molar-refractivity contribution in [1.29, 1.82) is 0 Å². The van der Waals surface area contributed by atoms with Crippen molar-refractivity contribution < 1.29 is 25.9 Å². The summed E-state index contributed by atoms with van der Waals surface area (Å²) in [5, 5.41) is 5.04. The first-order valence-electron chi connectivity index (χ1n) is 5.70. The zero-order valence-electron chi connectivity index (χ0n) is 11.1. The lowest BCUT2D eigenvalue weighted by molar-refractivity contribution is 0.481. The minimum absolute atomic E-state index is 0.0547. The number of hydrazine groups is 1. The van der Waals surface area contributed by atoms with E-state index in [-0.39, 0.29) is 30.9 Å². The van der Waals surface area contributed by atoms with Gasteiger partial charge in [-0.1, -0.05) is 0 Å². The molecule has 0 aliphatic rings. The summed E-state index contributed by atoms with van der Waals surface area (Å²) < 4.78 is 59.5. The summed E-state index contributed by atoms with van der Waals surface area (Å²) in [6, 6.07) is 0. The van der Waals surface area contributed by atoms with Crippen LogP contribution >= 0.6 is 0 Å². The molecule has 0 aliphatic heterocycles. The highest BCUT2D eigenvalue weighted by molar-refractivity contribution is 7.86. The molecular formula is C7H15N7O6S2. The number of hydrogen-bond acceptors (Lipinski definition) is 11. The fourth-order valence-electron chi connectivity index (χ4n) is 1.18. The van der Waals surface area contributed by atoms with Crippen molar-refractivity contribution in [1.82, 2.24) is 15.0 Å². The van der Waals surface area contributed by atoms with Crippen LogP contribution in [0.3, 0.4) is 0 Å². The number of hydrogen-bond donors (Lipinski definition) is 6. The highest BCUT2D eigenvalue weighted by Gasteiger charge is 2.09. The molecule has 0 radical (unpaired) electrons. The summed E-state index contributed by atoms with van der Waals surface area (Å²) in [6.45, 7) is -0.339. The fraction of sp³-hybridized carbons (Fsp3) is 0.571. The van der Waals surface area contributed by atoms with Gasteiger partial charge in [-0.15, -0.1) is 0 Å². The molecule has 126 valence electrons. The van der Waals surface area contributed by atoms with Gasteiger partial charge in [0.05, 0.1) is 11.5 Å². The van der Waals surface area contributed by atoms with Gasteiger partial charge in [-0.05, 0) is 0 Å². The molecule has 1 aromatic rings. The van der Waals surface area contributed by atoms with Gasteiger partial charge in [0.1, 0.15) is 0 Å². The number of nitrogens with zero attached hydrogens (tertiary/aromatic N) is 3. The smallest absolute Gasteiger partial charge is 0.266 e. The molecule has 0 amide bonds. The average Bonchev–Trinajstić information content (AvgIpc) is 2.35. The Labute approximate surface area is 126 Å². The predicted octanol–water partition coefficient (Wildman–Crippen LogP) is -2.24. The molecule has 0 fully saturated rings. The van der Waals surface area contributed by atoms with Crippen LogP contribution in [0.15, 0.2) is 0 Å². The zero-order chi connectivity index (χ0) is 16.8. The number of aromatic nitrogens is 3. The summed E-state index contributed by atoms with van der Waals surface area (Å²) in [5.41, 5.74) is 2.14. The van der Waals surface area contributed by atoms with Crippen molar-refractivity contribution in [2.75, 3.05) is 40.7 Å². The van der Waals surface area contributed by atoms with E-state index in [9.17, 15) is 16.8 Å². The molecule has 0 aromatic carbocycles. The van der Waals surface area contributed by atoms with Crippen LogP contribution < -0.4 is 21.9 Å². The minimum Gasteiger partial charge on any atom is -0.353 e. The van der Waals surface area contributed by atoms with Gasteiger partial charge in [-0.2, -0.15) is 31.8 Å². The third-order valence-electron chi connectivity index (χ3n) is 2.05. The number of nitrogen functional groups attached to an aromatic ring is 1. The maximum absolute atomic E-state index is 10.6. The lowest BCUT2D eigenvalue weighted by Crippen LogP contribution is -2.20. The first-order valence-corrected chi connectivity index (χ1v) is 8.91. The molecule has 15 heteroatoms. The Morgan fingerprint density at radius 1 is 0.818 bits per heavy atom. The normalized spacial score (nSPS) is 12.0. The van der Waals surface area contributed by atoms with E-state index in [1.807, 2.05) is 0 Å². The first kappa shape index (κ1) is 18.2. The van der Waals surface area contributed by atoms with Crippen LogP contribution in [-0.4, -0.2) is 65.5 Å². The van der Waals surface area contributed by atoms with E-state index in [0.29, 0.717) is 0 Å². The molecule has 1 aromatic heterocycles. The fourth-order valence-corrected chi connectivity index (χ4v) is 1.90. The third kappa shape index (κ3) is 7.84. The van der Waals surface area contributed by atoms with Gasteiger partial charge >= 0.3 is 0 Å². The van der Waals surface area contributed by atoms with E-state index in [1.165, 1.54) is 0 Å². The predicted molar refractivity (Wildman–Crippen MR) is 77.4 cm³/mol. The third-order valence-corrected chi connectivity index (χ3v) is 3.49. The van der Waals surface area contributed by atoms with E-state index in [0.717, 1.165) is 0 Å². The highest BCUT2D eigenvalue weighted by atomic mass is 32.2. The monoisotopic (exact) mass is 357 g/mol. The number of nitrogens with one attached hydrogen (secondary N) is 3. The van der Waals surface area contributed by atoms with Gasteiger partial charge in [0.2, 0.25) is 17.8 Å². The Kier molecular flexibility index (Phi) is 6.18. The lowest BCUT2D eigenvalue weighted by atomic mass is 10.7. The highest BCUT2D eigenvalue weighted by Crippen LogP contribution is 2.08. The molecule has 0 atom stereocenters. The summed E-state index contributed by atoms with van der Waals surface area (Å²) in [6.07, 6.45) is 0. The Morgan fingerprint density at radius 2 is 1.18 bits per heavy atom. The van der Waals surface area contributed by atoms with Crippen LogP contribution in [0.2, 0.25) is 0 Å². The topological polar surface area (TPSA) is 210 Å². The second-order valence-corrected chi connectivity index (χ2v) is 7.02. The number of rotatable bonds is 9. The maximum Gasteiger partial charge on any atom is 0.266 e. The standard InChI is InChI=1S/C7H15N7O6S2/c8-14-7-12-5(9-1-3-21(15,16)17)11-6(13-7)10-2-4-22(18,19)20/h1-4,8H2,(H,15,16,17)(H,18,19,20)(H3,9,10,11,12,13,14). The molecule has 0 aliphatic carbocycles. The van der Waals surface area contributed by atoms with Gasteiger partial charge in [-0.25, -0.2) is 5.84 Å². The SMILES string of the molecule is NNc1nc(NCCS(=O)(=O)O)nc(NCCS(=O)(=O)O)n1. The molecular weight excluding hydrogens is 342 g/mol. The van der Waals surface area contributed by atoms with Crippen LogP contribution in [0.5, 0.6) is 0 Å². The van der Waals surface area contributed by atoms with Crippen molar-refractivity contribution in [3.05, 3.63) is 0 Å². The van der Waals surface area contributed by atoms with Crippen LogP contribution in [0.25, 0.3) is 0 Å². The van der Waals surface area contributed by atoms with E-state index >= 15 is 0 Å². The minimum atomic E-state index is -4.13. The van der Waals surface area contributed by atoms with Crippen molar-refractivity contribution in [3.63, 3.8) is 0 Å². The van der Waals surface area contributed by atoms with Crippen LogP contribution in [-0.2, 0) is 20.2 Å². The summed E-state index contributed by atoms with van der Waals surface area (Å²) in [4.78, 5) is 11.4. The Morgan fingerprint density at radius 3 is 1.50 bits per heavy atom. The van der Waals surface area contributed by atoms with Crippen molar-refractivity contribution in [2.45, 2.75) is 0 Å². The van der Waals surface area contributed by atoms with E-state index in [4.69, 9.17) is 14.9 Å². The summed E-state index contributed by atoms with van der Waals surface area (Å²) >= 11 is 0. The Hall–Kier alpha value is -1.81. The molecule has 7 N–H and O–H groups in total. The molecule has 0 saturated carbocycles. The van der Waals surface area contributed by atoms with Crippen molar-refractivity contribution >= 4 is 38.1 Å². The molecule has 1 rings (SSSR count). The molecule has 0 bridgehead atoms. The second kappa shape index (κ2) is 7.45. The number of nitrogens with two attached hydrogens (primary N) is 1. The van der Waals surface area contributed by atoms with Gasteiger partial charge in [0.15, 0.2) is 0 Å². The van der Waals surface area contributed by atoms with E-state index in [1.54, 1.807) is 0 Å². The molecule has 0 unspecified atom stereocenters. The van der Waals surface area contributed by atoms with Gasteiger partial charge in [0, 0.05) is 13.1 Å². The average molecular weight is 357 g/mol. The van der Waals surface area contributed by atoms with Crippen LogP contribution in [0.4, 0.5) is 17.8 Å². The molecule has 1 heterocycles. The van der Waals surface area contributed by atoms with Crippen LogP contribution in [0.1, 0.15) is 0 Å². The van der Waals surface area contributed by atoms with Gasteiger partial charge in [0.25, 0.3) is 20.2 Å². The lowest BCUT2D eigenvalue weighted by Gasteiger charge is -2.09. The molecule has 0 saturated heterocycles. The Balaban J connectivity index is 2.71. The molecule has 13 nitrogen and oxygen atoms in total. The van der Waals surface area contributed by atoms with E-state index < -0.39 is 31.7 Å².